The number of thioether (sulfide) groups is 1. The first-order chi connectivity index (χ1) is 12.6. The maximum absolute atomic E-state index is 4.82. The fraction of sp³-hybridized carbons (Fsp3) is 0.200. The molecule has 26 heavy (non-hydrogen) atoms. The molecule has 0 spiro atoms. The molecule has 0 fully saturated rings. The summed E-state index contributed by atoms with van der Waals surface area (Å²) < 4.78 is 0. The van der Waals surface area contributed by atoms with Gasteiger partial charge in [0.2, 0.25) is 0 Å². The third kappa shape index (κ3) is 3.25. The van der Waals surface area contributed by atoms with Crippen LogP contribution in [0.2, 0.25) is 0 Å². The summed E-state index contributed by atoms with van der Waals surface area (Å²) in [5, 5.41) is 13.0. The quantitative estimate of drug-likeness (QED) is 0.506. The second-order valence-electron chi connectivity index (χ2n) is 6.56. The molecule has 0 saturated carbocycles. The van der Waals surface area contributed by atoms with Crippen molar-refractivity contribution in [3.05, 3.63) is 54.2 Å². The van der Waals surface area contributed by atoms with Gasteiger partial charge in [-0.25, -0.2) is 4.98 Å². The van der Waals surface area contributed by atoms with Crippen LogP contribution < -0.4 is 5.32 Å². The van der Waals surface area contributed by atoms with E-state index in [1.807, 2.05) is 6.20 Å². The number of hydrogen-bond acceptors (Lipinski definition) is 5. The lowest BCUT2D eigenvalue weighted by Gasteiger charge is -2.12. The number of nitrogens with one attached hydrogen (secondary N) is 2. The molecule has 4 rings (SSSR count). The second-order valence-corrected chi connectivity index (χ2v) is 7.44. The Labute approximate surface area is 156 Å². The highest BCUT2D eigenvalue weighted by molar-refractivity contribution is 7.98. The summed E-state index contributed by atoms with van der Waals surface area (Å²) in [6.45, 7) is 0.928. The van der Waals surface area contributed by atoms with E-state index in [0.29, 0.717) is 0 Å². The summed E-state index contributed by atoms with van der Waals surface area (Å²) in [5.41, 5.74) is 4.18. The smallest absolute Gasteiger partial charge is 0.157 e. The SMILES string of the molecule is CSc1ccc2nc(Nc3ccc(CN(C)C)cc3)c3[nH]ncc3c2c1. The molecule has 6 heteroatoms. The van der Waals surface area contributed by atoms with Crippen LogP contribution in [0.5, 0.6) is 0 Å². The van der Waals surface area contributed by atoms with Gasteiger partial charge in [0.15, 0.2) is 5.82 Å². The van der Waals surface area contributed by atoms with Gasteiger partial charge in [-0.05, 0) is 56.2 Å². The number of benzene rings is 2. The summed E-state index contributed by atoms with van der Waals surface area (Å²) in [4.78, 5) is 8.20. The zero-order valence-corrected chi connectivity index (χ0v) is 15.9. The Balaban J connectivity index is 1.72. The molecular weight excluding hydrogens is 342 g/mol. The molecule has 0 radical (unpaired) electrons. The third-order valence-corrected chi connectivity index (χ3v) is 5.04. The number of H-pyrrole nitrogens is 1. The number of aromatic nitrogens is 3. The molecule has 0 aliphatic heterocycles. The number of nitrogens with zero attached hydrogens (tertiary/aromatic N) is 3. The lowest BCUT2D eigenvalue weighted by Crippen LogP contribution is -2.10. The van der Waals surface area contributed by atoms with Gasteiger partial charge in [-0.2, -0.15) is 5.10 Å². The highest BCUT2D eigenvalue weighted by Crippen LogP contribution is 2.31. The first-order valence-corrected chi connectivity index (χ1v) is 9.68. The Morgan fingerprint density at radius 2 is 1.88 bits per heavy atom. The van der Waals surface area contributed by atoms with Crippen LogP contribution in [0.1, 0.15) is 5.56 Å². The predicted molar refractivity (Wildman–Crippen MR) is 110 cm³/mol. The van der Waals surface area contributed by atoms with E-state index in [0.717, 1.165) is 39.9 Å². The van der Waals surface area contributed by atoms with Gasteiger partial charge in [0.25, 0.3) is 0 Å². The van der Waals surface area contributed by atoms with Gasteiger partial charge in [0.1, 0.15) is 5.52 Å². The van der Waals surface area contributed by atoms with Crippen molar-refractivity contribution in [2.45, 2.75) is 11.4 Å². The lowest BCUT2D eigenvalue weighted by molar-refractivity contribution is 0.402. The maximum Gasteiger partial charge on any atom is 0.157 e. The van der Waals surface area contributed by atoms with Crippen molar-refractivity contribution in [1.82, 2.24) is 20.1 Å². The molecule has 0 aliphatic carbocycles. The van der Waals surface area contributed by atoms with E-state index in [4.69, 9.17) is 4.98 Å². The summed E-state index contributed by atoms with van der Waals surface area (Å²) in [5.74, 6) is 0.794. The fourth-order valence-electron chi connectivity index (χ4n) is 3.09. The maximum atomic E-state index is 4.82. The minimum absolute atomic E-state index is 0.794. The Morgan fingerprint density at radius 1 is 1.08 bits per heavy atom. The molecular formula is C20H21N5S. The van der Waals surface area contributed by atoms with Crippen LogP contribution in [0.4, 0.5) is 11.5 Å². The normalized spacial score (nSPS) is 11.5. The van der Waals surface area contributed by atoms with E-state index in [9.17, 15) is 0 Å². The van der Waals surface area contributed by atoms with Crippen molar-refractivity contribution >= 4 is 45.1 Å². The first-order valence-electron chi connectivity index (χ1n) is 8.45. The molecule has 2 aromatic carbocycles. The van der Waals surface area contributed by atoms with Crippen LogP contribution in [0.25, 0.3) is 21.8 Å². The lowest BCUT2D eigenvalue weighted by atomic mass is 10.1. The van der Waals surface area contributed by atoms with Crippen molar-refractivity contribution < 1.29 is 0 Å². The molecule has 5 nitrogen and oxygen atoms in total. The number of anilines is 2. The van der Waals surface area contributed by atoms with Gasteiger partial charge >= 0.3 is 0 Å². The third-order valence-electron chi connectivity index (χ3n) is 4.32. The van der Waals surface area contributed by atoms with Crippen LogP contribution >= 0.6 is 11.8 Å². The minimum Gasteiger partial charge on any atom is -0.338 e. The molecule has 2 aromatic heterocycles. The molecule has 0 atom stereocenters. The molecule has 4 aromatic rings. The Bertz CT molecular complexity index is 1050. The van der Waals surface area contributed by atoms with E-state index < -0.39 is 0 Å². The summed E-state index contributed by atoms with van der Waals surface area (Å²) in [7, 11) is 4.14. The van der Waals surface area contributed by atoms with Crippen molar-refractivity contribution in [1.29, 1.82) is 0 Å². The average Bonchev–Trinajstić information content (AvgIpc) is 3.13. The predicted octanol–water partition coefficient (Wildman–Crippen LogP) is 4.64. The number of fused-ring (bicyclic) bond motifs is 3. The molecule has 0 amide bonds. The highest BCUT2D eigenvalue weighted by atomic mass is 32.2. The second kappa shape index (κ2) is 6.97. The summed E-state index contributed by atoms with van der Waals surface area (Å²) >= 11 is 1.73. The Hall–Kier alpha value is -2.57. The van der Waals surface area contributed by atoms with Crippen LogP contribution in [0, 0.1) is 0 Å². The average molecular weight is 363 g/mol. The van der Waals surface area contributed by atoms with Crippen molar-refractivity contribution in [3.63, 3.8) is 0 Å². The van der Waals surface area contributed by atoms with E-state index in [-0.39, 0.29) is 0 Å². The molecule has 0 bridgehead atoms. The standard InChI is InChI=1S/C20H21N5S/c1-25(2)12-13-4-6-14(7-5-13)22-20-19-17(11-21-24-19)16-10-15(26-3)8-9-18(16)23-20/h4-11H,12H2,1-3H3,(H,21,24)(H,22,23). The van der Waals surface area contributed by atoms with E-state index in [1.54, 1.807) is 11.8 Å². The van der Waals surface area contributed by atoms with Gasteiger partial charge in [-0.3, -0.25) is 5.10 Å². The van der Waals surface area contributed by atoms with E-state index in [2.05, 4.69) is 83.2 Å². The number of pyridine rings is 1. The van der Waals surface area contributed by atoms with Gasteiger partial charge < -0.3 is 10.2 Å². The Kier molecular flexibility index (Phi) is 4.53. The summed E-state index contributed by atoms with van der Waals surface area (Å²) in [6.07, 6.45) is 3.95. The monoisotopic (exact) mass is 363 g/mol. The van der Waals surface area contributed by atoms with Gasteiger partial charge in [-0.1, -0.05) is 12.1 Å². The first kappa shape index (κ1) is 16.9. The van der Waals surface area contributed by atoms with Gasteiger partial charge in [-0.15, -0.1) is 11.8 Å². The molecule has 0 aliphatic rings. The number of aromatic amines is 1. The largest absolute Gasteiger partial charge is 0.338 e. The van der Waals surface area contributed by atoms with Crippen molar-refractivity contribution in [2.75, 3.05) is 25.7 Å². The topological polar surface area (TPSA) is 56.8 Å². The summed E-state index contributed by atoms with van der Waals surface area (Å²) in [6, 6.07) is 14.8. The van der Waals surface area contributed by atoms with Gasteiger partial charge in [0, 0.05) is 27.9 Å². The Morgan fingerprint density at radius 3 is 2.62 bits per heavy atom. The molecule has 0 unspecified atom stereocenters. The molecule has 2 heterocycles. The zero-order valence-electron chi connectivity index (χ0n) is 15.1. The zero-order chi connectivity index (χ0) is 18.1. The van der Waals surface area contributed by atoms with Crippen LogP contribution in [0.3, 0.4) is 0 Å². The fourth-order valence-corrected chi connectivity index (χ4v) is 3.53. The number of rotatable bonds is 5. The molecule has 2 N–H and O–H groups in total. The van der Waals surface area contributed by atoms with Crippen LogP contribution in [-0.2, 0) is 6.54 Å². The molecule has 132 valence electrons. The van der Waals surface area contributed by atoms with Crippen molar-refractivity contribution in [2.24, 2.45) is 0 Å². The van der Waals surface area contributed by atoms with Gasteiger partial charge in [0.05, 0.1) is 11.7 Å². The molecule has 0 saturated heterocycles. The van der Waals surface area contributed by atoms with Crippen LogP contribution in [-0.4, -0.2) is 40.4 Å². The van der Waals surface area contributed by atoms with Crippen molar-refractivity contribution in [3.8, 4) is 0 Å². The van der Waals surface area contributed by atoms with E-state index >= 15 is 0 Å². The number of hydrogen-bond donors (Lipinski definition) is 2. The highest BCUT2D eigenvalue weighted by Gasteiger charge is 2.11. The minimum atomic E-state index is 0.794. The van der Waals surface area contributed by atoms with Crippen LogP contribution in [0.15, 0.2) is 53.6 Å². The van der Waals surface area contributed by atoms with E-state index in [1.165, 1.54) is 10.5 Å².